The molecule has 0 rings (SSSR count). The van der Waals surface area contributed by atoms with Crippen molar-refractivity contribution in [3.8, 4) is 0 Å². The predicted molar refractivity (Wildman–Crippen MR) is 27.1 cm³/mol. The Morgan fingerprint density at radius 3 is 1.88 bits per heavy atom. The third-order valence-corrected chi connectivity index (χ3v) is 0.454. The highest BCUT2D eigenvalue weighted by Crippen LogP contribution is 1.79. The third kappa shape index (κ3) is 18.2. The lowest BCUT2D eigenvalue weighted by molar-refractivity contribution is -0.305. The van der Waals surface area contributed by atoms with Crippen molar-refractivity contribution < 1.29 is 20.9 Å². The first-order valence-electron chi connectivity index (χ1n) is 1.97. The van der Waals surface area contributed by atoms with Crippen molar-refractivity contribution in [1.82, 2.24) is 0 Å². The maximum atomic E-state index is 9.49. The fourth-order valence-corrected chi connectivity index (χ4v) is 0.204. The molecule has 0 spiro atoms. The third-order valence-electron chi connectivity index (χ3n) is 0.454. The summed E-state index contributed by atoms with van der Waals surface area (Å²) >= 11 is 0. The van der Waals surface area contributed by atoms with Gasteiger partial charge in [-0.3, -0.25) is 0 Å². The van der Waals surface area contributed by atoms with Crippen LogP contribution in [0.25, 0.3) is 0 Å². The van der Waals surface area contributed by atoms with E-state index in [2.05, 4.69) is 0 Å². The Morgan fingerprint density at radius 1 is 1.50 bits per heavy atom. The highest BCUT2D eigenvalue weighted by molar-refractivity contribution is 5.63. The van der Waals surface area contributed by atoms with Crippen LogP contribution in [0, 0.1) is 0 Å². The molecular weight excluding hydrogens is 112 g/mol. The maximum Gasteiger partial charge on any atom is 0.0414 e. The molecule has 0 unspecified atom stereocenters. The molecule has 0 aromatic heterocycles. The van der Waals surface area contributed by atoms with Gasteiger partial charge in [0.2, 0.25) is 0 Å². The fraction of sp³-hybridized carbons (Fsp3) is 0.750. The minimum Gasteiger partial charge on any atom is -0.550 e. The first-order chi connectivity index (χ1) is 2.77. The molecule has 4 nitrogen and oxygen atoms in total. The smallest absolute Gasteiger partial charge is 0.0414 e. The number of carboxylic acid groups (broad SMARTS) is 1. The molecular formula is C4H11O4-. The molecule has 0 aliphatic carbocycles. The average molecular weight is 123 g/mol. The number of carbonyl (C=O) groups excluding carboxylic acids is 1. The number of hydrogen-bond acceptors (Lipinski definition) is 2. The molecule has 0 aromatic rings. The second-order valence-electron chi connectivity index (χ2n) is 1.12. The van der Waals surface area contributed by atoms with Gasteiger partial charge in [-0.05, 0) is 6.42 Å². The Balaban J connectivity index is -0.000000125. The minimum atomic E-state index is -0.961. The average Bonchev–Trinajstić information content (AvgIpc) is 1.35. The van der Waals surface area contributed by atoms with Crippen LogP contribution in [0.5, 0.6) is 0 Å². The molecule has 4 N–H and O–H groups in total. The van der Waals surface area contributed by atoms with Crippen molar-refractivity contribution in [1.29, 1.82) is 0 Å². The molecule has 52 valence electrons. The fourth-order valence-electron chi connectivity index (χ4n) is 0.204. The highest BCUT2D eigenvalue weighted by Gasteiger charge is 1.75. The summed E-state index contributed by atoms with van der Waals surface area (Å²) in [5.41, 5.74) is 0. The minimum absolute atomic E-state index is 0. The molecule has 0 aliphatic heterocycles. The molecule has 0 aliphatic rings. The van der Waals surface area contributed by atoms with Crippen molar-refractivity contribution in [3.05, 3.63) is 0 Å². The Morgan fingerprint density at radius 2 is 1.88 bits per heavy atom. The van der Waals surface area contributed by atoms with Crippen LogP contribution in [0.4, 0.5) is 0 Å². The van der Waals surface area contributed by atoms with Crippen LogP contribution in [0.1, 0.15) is 19.8 Å². The molecule has 0 atom stereocenters. The summed E-state index contributed by atoms with van der Waals surface area (Å²) in [7, 11) is 0. The normalized spacial score (nSPS) is 6.12. The van der Waals surface area contributed by atoms with Gasteiger partial charge in [0.25, 0.3) is 0 Å². The van der Waals surface area contributed by atoms with Crippen LogP contribution < -0.4 is 5.11 Å². The standard InChI is InChI=1S/C4H8O2.2H2O/c1-2-3-4(5)6;;/h2-3H2,1H3,(H,5,6);2*1H2/p-1. The largest absolute Gasteiger partial charge is 0.550 e. The van der Waals surface area contributed by atoms with E-state index in [-0.39, 0.29) is 17.4 Å². The summed E-state index contributed by atoms with van der Waals surface area (Å²) in [6.45, 7) is 1.80. The molecule has 0 saturated carbocycles. The van der Waals surface area contributed by atoms with Gasteiger partial charge < -0.3 is 20.9 Å². The lowest BCUT2D eigenvalue weighted by Crippen LogP contribution is -2.20. The topological polar surface area (TPSA) is 103 Å². The van der Waals surface area contributed by atoms with E-state index in [1.807, 2.05) is 0 Å². The Bertz CT molecular complexity index is 52.0. The van der Waals surface area contributed by atoms with E-state index in [1.165, 1.54) is 0 Å². The monoisotopic (exact) mass is 123 g/mol. The zero-order chi connectivity index (χ0) is 4.99. The first-order valence-corrected chi connectivity index (χ1v) is 1.97. The van der Waals surface area contributed by atoms with Crippen LogP contribution in [-0.2, 0) is 4.79 Å². The molecule has 0 bridgehead atoms. The molecule has 0 heterocycles. The van der Waals surface area contributed by atoms with Crippen molar-refractivity contribution in [2.75, 3.05) is 0 Å². The zero-order valence-corrected chi connectivity index (χ0v) is 4.73. The van der Waals surface area contributed by atoms with Crippen molar-refractivity contribution >= 4 is 5.97 Å². The second kappa shape index (κ2) is 9.63. The second-order valence-corrected chi connectivity index (χ2v) is 1.12. The van der Waals surface area contributed by atoms with Gasteiger partial charge in [0.1, 0.15) is 0 Å². The van der Waals surface area contributed by atoms with Crippen LogP contribution in [0.2, 0.25) is 0 Å². The van der Waals surface area contributed by atoms with E-state index in [1.54, 1.807) is 6.92 Å². The molecule has 0 saturated heterocycles. The van der Waals surface area contributed by atoms with E-state index in [4.69, 9.17) is 0 Å². The van der Waals surface area contributed by atoms with E-state index >= 15 is 0 Å². The van der Waals surface area contributed by atoms with Crippen LogP contribution in [-0.4, -0.2) is 16.9 Å². The Kier molecular flexibility index (Phi) is 18.9. The molecule has 4 heteroatoms. The highest BCUT2D eigenvalue weighted by atomic mass is 16.4. The van der Waals surface area contributed by atoms with Crippen molar-refractivity contribution in [3.63, 3.8) is 0 Å². The maximum absolute atomic E-state index is 9.49. The number of aliphatic carboxylic acids is 1. The van der Waals surface area contributed by atoms with E-state index in [0.29, 0.717) is 6.42 Å². The first kappa shape index (κ1) is 15.7. The van der Waals surface area contributed by atoms with Gasteiger partial charge in [-0.25, -0.2) is 0 Å². The molecule has 0 fully saturated rings. The zero-order valence-electron chi connectivity index (χ0n) is 4.73. The number of rotatable bonds is 2. The molecule has 0 amide bonds. The summed E-state index contributed by atoms with van der Waals surface area (Å²) < 4.78 is 0. The lowest BCUT2D eigenvalue weighted by atomic mass is 10.4. The van der Waals surface area contributed by atoms with Gasteiger partial charge in [0, 0.05) is 5.97 Å². The summed E-state index contributed by atoms with van der Waals surface area (Å²) in [5, 5.41) is 9.49. The van der Waals surface area contributed by atoms with Crippen molar-refractivity contribution in [2.45, 2.75) is 19.8 Å². The number of carbonyl (C=O) groups is 1. The molecule has 0 radical (unpaired) electrons. The summed E-state index contributed by atoms with van der Waals surface area (Å²) in [4.78, 5) is 9.49. The number of hydrogen-bond donors (Lipinski definition) is 0. The van der Waals surface area contributed by atoms with Crippen LogP contribution in [0.15, 0.2) is 0 Å². The van der Waals surface area contributed by atoms with E-state index in [0.717, 1.165) is 0 Å². The van der Waals surface area contributed by atoms with Gasteiger partial charge in [-0.15, -0.1) is 0 Å². The van der Waals surface area contributed by atoms with Gasteiger partial charge in [0.15, 0.2) is 0 Å². The van der Waals surface area contributed by atoms with Gasteiger partial charge in [-0.2, -0.15) is 0 Å². The van der Waals surface area contributed by atoms with Gasteiger partial charge in [-0.1, -0.05) is 13.3 Å². The molecule has 0 aromatic carbocycles. The van der Waals surface area contributed by atoms with Crippen LogP contribution in [0.3, 0.4) is 0 Å². The summed E-state index contributed by atoms with van der Waals surface area (Å²) in [6, 6.07) is 0. The van der Waals surface area contributed by atoms with E-state index in [9.17, 15) is 9.90 Å². The Labute approximate surface area is 47.8 Å². The quantitative estimate of drug-likeness (QED) is 0.419. The van der Waals surface area contributed by atoms with Gasteiger partial charge in [0.05, 0.1) is 0 Å². The number of carboxylic acids is 1. The van der Waals surface area contributed by atoms with Crippen molar-refractivity contribution in [2.24, 2.45) is 0 Å². The summed E-state index contributed by atoms with van der Waals surface area (Å²) in [6.07, 6.45) is 0.850. The predicted octanol–water partition coefficient (Wildman–Crippen LogP) is -2.11. The lowest BCUT2D eigenvalue weighted by Gasteiger charge is -1.92. The molecule has 8 heavy (non-hydrogen) atoms. The summed E-state index contributed by atoms with van der Waals surface area (Å²) in [5.74, 6) is -0.961. The van der Waals surface area contributed by atoms with E-state index < -0.39 is 5.97 Å². The van der Waals surface area contributed by atoms with Gasteiger partial charge >= 0.3 is 0 Å². The SMILES string of the molecule is CCCC(=O)[O-].O.O. The van der Waals surface area contributed by atoms with Crippen LogP contribution >= 0.6 is 0 Å². The Hall–Kier alpha value is -0.610.